The molecule has 0 fully saturated rings. The monoisotopic (exact) mass is 370 g/mol. The molecule has 2 N–H and O–H groups in total. The number of hydrogen-bond acceptors (Lipinski definition) is 4. The van der Waals surface area contributed by atoms with E-state index in [1.165, 1.54) is 0 Å². The van der Waals surface area contributed by atoms with Crippen LogP contribution in [0, 0.1) is 18.3 Å². The predicted molar refractivity (Wildman–Crippen MR) is 109 cm³/mol. The summed E-state index contributed by atoms with van der Waals surface area (Å²) in [6.45, 7) is 2.02. The van der Waals surface area contributed by atoms with Crippen LogP contribution in [0.4, 0.5) is 5.82 Å². The number of rotatable bonds is 2. The number of benzene rings is 2. The van der Waals surface area contributed by atoms with Crippen LogP contribution in [0.2, 0.25) is 5.15 Å². The number of anilines is 1. The molecule has 2 heterocycles. The fraction of sp³-hybridized carbons (Fsp3) is 0.0455. The van der Waals surface area contributed by atoms with E-state index in [0.717, 1.165) is 22.0 Å². The van der Waals surface area contributed by atoms with Crippen molar-refractivity contribution in [3.05, 3.63) is 76.9 Å². The number of hydrogen-bond donors (Lipinski definition) is 1. The molecular formula is C22H15ClN4. The second-order valence-electron chi connectivity index (χ2n) is 6.32. The smallest absolute Gasteiger partial charge is 0.142 e. The molecule has 4 rings (SSSR count). The van der Waals surface area contributed by atoms with E-state index in [1.54, 1.807) is 0 Å². The molecule has 130 valence electrons. The largest absolute Gasteiger partial charge is 0.383 e. The molecule has 2 aromatic heterocycles. The highest BCUT2D eigenvalue weighted by Gasteiger charge is 2.17. The highest BCUT2D eigenvalue weighted by Crippen LogP contribution is 2.36. The Hall–Kier alpha value is -3.42. The topological polar surface area (TPSA) is 75.6 Å². The minimum atomic E-state index is 0.175. The van der Waals surface area contributed by atoms with Crippen molar-refractivity contribution in [2.24, 2.45) is 0 Å². The van der Waals surface area contributed by atoms with Crippen LogP contribution in [-0.2, 0) is 0 Å². The molecule has 5 heteroatoms. The molecule has 0 aliphatic carbocycles. The molecule has 0 radical (unpaired) electrons. The van der Waals surface area contributed by atoms with Gasteiger partial charge in [-0.2, -0.15) is 5.26 Å². The van der Waals surface area contributed by atoms with E-state index in [0.29, 0.717) is 27.5 Å². The van der Waals surface area contributed by atoms with Gasteiger partial charge < -0.3 is 5.73 Å². The maximum absolute atomic E-state index is 9.64. The number of nitrogen functional groups attached to an aromatic ring is 1. The van der Waals surface area contributed by atoms with Crippen LogP contribution in [0.3, 0.4) is 0 Å². The first-order chi connectivity index (χ1) is 13.1. The lowest BCUT2D eigenvalue weighted by molar-refractivity contribution is 1.30. The van der Waals surface area contributed by atoms with Gasteiger partial charge in [0.1, 0.15) is 22.6 Å². The van der Waals surface area contributed by atoms with Crippen molar-refractivity contribution in [3.8, 4) is 28.5 Å². The van der Waals surface area contributed by atoms with Crippen LogP contribution in [0.5, 0.6) is 0 Å². The van der Waals surface area contributed by atoms with Crippen molar-refractivity contribution in [3.63, 3.8) is 0 Å². The van der Waals surface area contributed by atoms with Gasteiger partial charge in [-0.25, -0.2) is 9.97 Å². The van der Waals surface area contributed by atoms with Gasteiger partial charge in [-0.05, 0) is 31.2 Å². The van der Waals surface area contributed by atoms with Gasteiger partial charge >= 0.3 is 0 Å². The fourth-order valence-corrected chi connectivity index (χ4v) is 3.36. The van der Waals surface area contributed by atoms with Crippen molar-refractivity contribution >= 4 is 28.3 Å². The molecule has 4 aromatic rings. The quantitative estimate of drug-likeness (QED) is 0.480. The van der Waals surface area contributed by atoms with E-state index in [9.17, 15) is 5.26 Å². The van der Waals surface area contributed by atoms with E-state index in [-0.39, 0.29) is 5.82 Å². The SMILES string of the molecule is Cc1ccc2nc(Cl)c(-c3cc(-c4ccccc4)nc(N)c3C#N)cc2c1. The number of nitriles is 1. The van der Waals surface area contributed by atoms with Crippen LogP contribution in [0.15, 0.2) is 60.7 Å². The number of aromatic nitrogens is 2. The molecule has 27 heavy (non-hydrogen) atoms. The van der Waals surface area contributed by atoms with Gasteiger partial charge in [0.25, 0.3) is 0 Å². The van der Waals surface area contributed by atoms with Crippen LogP contribution < -0.4 is 5.73 Å². The van der Waals surface area contributed by atoms with Gasteiger partial charge in [0.05, 0.1) is 11.2 Å². The second kappa shape index (κ2) is 6.71. The minimum Gasteiger partial charge on any atom is -0.383 e. The molecule has 0 aliphatic heterocycles. The fourth-order valence-electron chi connectivity index (χ4n) is 3.11. The number of nitrogens with zero attached hydrogens (tertiary/aromatic N) is 3. The molecule has 0 bridgehead atoms. The zero-order valence-corrected chi connectivity index (χ0v) is 15.3. The standard InChI is InChI=1S/C22H15ClN4/c1-13-7-8-19-15(9-13)10-17(21(23)26-19)16-11-20(14-5-3-2-4-6-14)27-22(25)18(16)12-24/h2-11H,1H3,(H2,25,27). The summed E-state index contributed by atoms with van der Waals surface area (Å²) in [5.74, 6) is 0.175. The van der Waals surface area contributed by atoms with Gasteiger partial charge in [-0.1, -0.05) is 53.6 Å². The number of nitrogens with two attached hydrogens (primary N) is 1. The molecule has 0 saturated heterocycles. The predicted octanol–water partition coefficient (Wildman–Crippen LogP) is 5.38. The van der Waals surface area contributed by atoms with Crippen LogP contribution in [0.1, 0.15) is 11.1 Å². The lowest BCUT2D eigenvalue weighted by Gasteiger charge is -2.12. The summed E-state index contributed by atoms with van der Waals surface area (Å²) in [5.41, 5.74) is 11.2. The molecule has 0 amide bonds. The Morgan fingerprint density at radius 3 is 2.48 bits per heavy atom. The van der Waals surface area contributed by atoms with Crippen molar-refractivity contribution in [1.82, 2.24) is 9.97 Å². The average molecular weight is 371 g/mol. The van der Waals surface area contributed by atoms with E-state index in [2.05, 4.69) is 16.0 Å². The highest BCUT2D eigenvalue weighted by molar-refractivity contribution is 6.32. The first kappa shape index (κ1) is 17.0. The molecular weight excluding hydrogens is 356 g/mol. The lowest BCUT2D eigenvalue weighted by Crippen LogP contribution is -2.00. The third kappa shape index (κ3) is 3.10. The number of aryl methyl sites for hydroxylation is 1. The summed E-state index contributed by atoms with van der Waals surface area (Å²) < 4.78 is 0. The van der Waals surface area contributed by atoms with E-state index < -0.39 is 0 Å². The Kier molecular flexibility index (Phi) is 4.23. The van der Waals surface area contributed by atoms with E-state index in [4.69, 9.17) is 17.3 Å². The highest BCUT2D eigenvalue weighted by atomic mass is 35.5. The summed E-state index contributed by atoms with van der Waals surface area (Å²) in [5, 5.41) is 10.9. The summed E-state index contributed by atoms with van der Waals surface area (Å²) >= 11 is 6.48. The third-order valence-corrected chi connectivity index (χ3v) is 4.73. The van der Waals surface area contributed by atoms with E-state index in [1.807, 2.05) is 67.6 Å². The second-order valence-corrected chi connectivity index (χ2v) is 6.67. The minimum absolute atomic E-state index is 0.175. The summed E-state index contributed by atoms with van der Waals surface area (Å²) in [6, 6.07) is 21.6. The molecule has 0 unspecified atom stereocenters. The maximum atomic E-state index is 9.64. The van der Waals surface area contributed by atoms with Gasteiger partial charge in [-0.15, -0.1) is 0 Å². The third-order valence-electron chi connectivity index (χ3n) is 4.44. The Morgan fingerprint density at radius 2 is 1.74 bits per heavy atom. The Balaban J connectivity index is 2.00. The summed E-state index contributed by atoms with van der Waals surface area (Å²) in [7, 11) is 0. The van der Waals surface area contributed by atoms with Crippen molar-refractivity contribution < 1.29 is 0 Å². The van der Waals surface area contributed by atoms with E-state index >= 15 is 0 Å². The summed E-state index contributed by atoms with van der Waals surface area (Å²) in [4.78, 5) is 8.89. The van der Waals surface area contributed by atoms with Crippen LogP contribution in [0.25, 0.3) is 33.3 Å². The molecule has 0 saturated carbocycles. The number of halogens is 1. The Bertz CT molecular complexity index is 1210. The lowest BCUT2D eigenvalue weighted by atomic mass is 9.98. The van der Waals surface area contributed by atoms with Crippen LogP contribution in [-0.4, -0.2) is 9.97 Å². The first-order valence-corrected chi connectivity index (χ1v) is 8.78. The van der Waals surface area contributed by atoms with Gasteiger partial charge in [0.15, 0.2) is 0 Å². The Labute approximate surface area is 161 Å². The normalized spacial score (nSPS) is 10.7. The van der Waals surface area contributed by atoms with Gasteiger partial charge in [-0.3, -0.25) is 0 Å². The molecule has 0 aliphatic rings. The average Bonchev–Trinajstić information content (AvgIpc) is 2.68. The number of fused-ring (bicyclic) bond motifs is 1. The molecule has 0 spiro atoms. The number of pyridine rings is 2. The van der Waals surface area contributed by atoms with Gasteiger partial charge in [0, 0.05) is 22.1 Å². The molecule has 4 nitrogen and oxygen atoms in total. The van der Waals surface area contributed by atoms with Gasteiger partial charge in [0.2, 0.25) is 0 Å². The zero-order valence-electron chi connectivity index (χ0n) is 14.6. The Morgan fingerprint density at radius 1 is 0.963 bits per heavy atom. The molecule has 0 atom stereocenters. The molecule has 2 aromatic carbocycles. The summed E-state index contributed by atoms with van der Waals surface area (Å²) in [6.07, 6.45) is 0. The van der Waals surface area contributed by atoms with Crippen LogP contribution >= 0.6 is 11.6 Å². The maximum Gasteiger partial charge on any atom is 0.142 e. The van der Waals surface area contributed by atoms with Crippen molar-refractivity contribution in [2.75, 3.05) is 5.73 Å². The van der Waals surface area contributed by atoms with Crippen molar-refractivity contribution in [2.45, 2.75) is 6.92 Å². The first-order valence-electron chi connectivity index (χ1n) is 8.40. The van der Waals surface area contributed by atoms with Crippen molar-refractivity contribution in [1.29, 1.82) is 5.26 Å². The zero-order chi connectivity index (χ0) is 19.0.